The highest BCUT2D eigenvalue weighted by Gasteiger charge is 2.54. The quantitative estimate of drug-likeness (QED) is 0.633. The highest BCUT2D eigenvalue weighted by Crippen LogP contribution is 2.49. The van der Waals surface area contributed by atoms with Crippen LogP contribution in [0.25, 0.3) is 11.1 Å². The first-order valence-corrected chi connectivity index (χ1v) is 9.02. The van der Waals surface area contributed by atoms with Gasteiger partial charge in [0.05, 0.1) is 5.41 Å². The summed E-state index contributed by atoms with van der Waals surface area (Å²) in [6, 6.07) is 13.8. The van der Waals surface area contributed by atoms with Crippen LogP contribution in [0.15, 0.2) is 52.9 Å². The molecule has 2 aromatic carbocycles. The van der Waals surface area contributed by atoms with Gasteiger partial charge in [-0.1, -0.05) is 37.3 Å². The summed E-state index contributed by atoms with van der Waals surface area (Å²) in [5.41, 5.74) is 0.682. The second-order valence-corrected chi connectivity index (χ2v) is 7.17. The van der Waals surface area contributed by atoms with Gasteiger partial charge in [-0.05, 0) is 37.1 Å². The van der Waals surface area contributed by atoms with Crippen molar-refractivity contribution in [2.45, 2.75) is 38.0 Å². The zero-order chi connectivity index (χ0) is 19.2. The summed E-state index contributed by atoms with van der Waals surface area (Å²) in [5.74, 6) is -4.33. The number of anilines is 1. The molecule has 1 unspecified atom stereocenters. The Morgan fingerprint density at radius 3 is 2.59 bits per heavy atom. The van der Waals surface area contributed by atoms with Crippen LogP contribution in [-0.2, 0) is 16.1 Å². The minimum absolute atomic E-state index is 0.304. The van der Waals surface area contributed by atoms with Crippen molar-refractivity contribution in [1.82, 2.24) is 4.98 Å². The fraction of sp³-hybridized carbons (Fsp3) is 0.333. The average Bonchev–Trinajstić information content (AvgIpc) is 3.17. The number of nitrogens with zero attached hydrogens (tertiary/aromatic N) is 2. The Balaban J connectivity index is 1.74. The van der Waals surface area contributed by atoms with Crippen molar-refractivity contribution in [3.05, 3.63) is 60.0 Å². The van der Waals surface area contributed by atoms with E-state index in [-0.39, 0.29) is 5.91 Å². The molecule has 0 N–H and O–H groups in total. The van der Waals surface area contributed by atoms with Crippen LogP contribution >= 0.6 is 0 Å². The maximum atomic E-state index is 15.1. The van der Waals surface area contributed by atoms with Gasteiger partial charge in [0.2, 0.25) is 5.91 Å². The monoisotopic (exact) mass is 370 g/mol. The average molecular weight is 370 g/mol. The third kappa shape index (κ3) is 2.71. The van der Waals surface area contributed by atoms with E-state index in [0.29, 0.717) is 28.9 Å². The molecule has 4 rings (SSSR count). The van der Waals surface area contributed by atoms with Gasteiger partial charge in [-0.15, -0.1) is 0 Å². The Kier molecular flexibility index (Phi) is 4.02. The molecule has 0 saturated carbocycles. The molecule has 1 aromatic heterocycles. The lowest BCUT2D eigenvalue weighted by Crippen LogP contribution is -2.41. The summed E-state index contributed by atoms with van der Waals surface area (Å²) in [7, 11) is 0. The van der Waals surface area contributed by atoms with Crippen molar-refractivity contribution in [3.8, 4) is 0 Å². The fourth-order valence-corrected chi connectivity index (χ4v) is 3.86. The number of carbonyl (C=O) groups excluding carboxylic acids is 1. The third-order valence-corrected chi connectivity index (χ3v) is 5.14. The van der Waals surface area contributed by atoms with Crippen LogP contribution < -0.4 is 4.90 Å². The van der Waals surface area contributed by atoms with E-state index in [1.54, 1.807) is 48.2 Å². The van der Waals surface area contributed by atoms with Gasteiger partial charge in [0.1, 0.15) is 5.52 Å². The van der Waals surface area contributed by atoms with Gasteiger partial charge in [-0.25, -0.2) is 4.98 Å². The maximum absolute atomic E-state index is 15.1. The highest BCUT2D eigenvalue weighted by molar-refractivity contribution is 6.07. The molecular formula is C21H20F2N2O2. The summed E-state index contributed by atoms with van der Waals surface area (Å²) in [5, 5.41) is 0. The van der Waals surface area contributed by atoms with Crippen molar-refractivity contribution < 1.29 is 18.0 Å². The van der Waals surface area contributed by atoms with E-state index < -0.39 is 23.6 Å². The topological polar surface area (TPSA) is 46.3 Å². The molecule has 1 aliphatic rings. The number of alkyl halides is 2. The van der Waals surface area contributed by atoms with Gasteiger partial charge in [0.25, 0.3) is 5.89 Å². The normalized spacial score (nSPS) is 19.7. The number of hydrogen-bond acceptors (Lipinski definition) is 3. The van der Waals surface area contributed by atoms with E-state index in [1.165, 1.54) is 0 Å². The summed E-state index contributed by atoms with van der Waals surface area (Å²) in [6.07, 6.45) is 0.0561. The lowest BCUT2D eigenvalue weighted by atomic mass is 9.78. The second kappa shape index (κ2) is 6.15. The van der Waals surface area contributed by atoms with E-state index in [1.807, 2.05) is 19.1 Å². The molecule has 4 nitrogen and oxygen atoms in total. The molecule has 0 bridgehead atoms. The van der Waals surface area contributed by atoms with E-state index >= 15 is 8.78 Å². The van der Waals surface area contributed by atoms with Crippen LogP contribution in [0.1, 0.15) is 38.1 Å². The minimum Gasteiger partial charge on any atom is -0.435 e. The largest absolute Gasteiger partial charge is 0.435 e. The van der Waals surface area contributed by atoms with Gasteiger partial charge >= 0.3 is 5.92 Å². The number of hydrogen-bond donors (Lipinski definition) is 0. The zero-order valence-corrected chi connectivity index (χ0v) is 15.2. The highest BCUT2D eigenvalue weighted by atomic mass is 19.3. The molecule has 27 heavy (non-hydrogen) atoms. The molecule has 2 heterocycles. The summed E-state index contributed by atoms with van der Waals surface area (Å²) >= 11 is 0. The van der Waals surface area contributed by atoms with Crippen LogP contribution in [0.3, 0.4) is 0 Å². The standard InChI is InChI=1S/C21H20F2N2O2/c1-3-12-25-16-10-6-4-8-14(16)20(2,19(25)26)13-21(22,23)18-24-15-9-5-7-11-17(15)27-18/h4-11H,3,12-13H2,1-2H3. The minimum atomic E-state index is -3.38. The molecule has 0 fully saturated rings. The predicted octanol–water partition coefficient (Wildman–Crippen LogP) is 5.02. The number of oxazole rings is 1. The molecule has 1 amide bonds. The van der Waals surface area contributed by atoms with E-state index in [4.69, 9.17) is 4.42 Å². The van der Waals surface area contributed by atoms with Crippen molar-refractivity contribution in [3.63, 3.8) is 0 Å². The lowest BCUT2D eigenvalue weighted by Gasteiger charge is -2.27. The van der Waals surface area contributed by atoms with Crippen molar-refractivity contribution >= 4 is 22.7 Å². The van der Waals surface area contributed by atoms with E-state index in [9.17, 15) is 4.79 Å². The van der Waals surface area contributed by atoms with Gasteiger partial charge in [-0.3, -0.25) is 4.79 Å². The summed E-state index contributed by atoms with van der Waals surface area (Å²) in [6.45, 7) is 4.04. The SMILES string of the molecule is CCCN1C(=O)C(C)(CC(F)(F)c2nc3ccccc3o2)c2ccccc21. The van der Waals surface area contributed by atoms with E-state index in [0.717, 1.165) is 6.42 Å². The van der Waals surface area contributed by atoms with Gasteiger partial charge in [0, 0.05) is 18.7 Å². The Labute approximate surface area is 155 Å². The first-order chi connectivity index (χ1) is 12.9. The Morgan fingerprint density at radius 2 is 1.85 bits per heavy atom. The zero-order valence-electron chi connectivity index (χ0n) is 15.2. The number of rotatable bonds is 5. The number of halogens is 2. The summed E-state index contributed by atoms with van der Waals surface area (Å²) < 4.78 is 35.6. The second-order valence-electron chi connectivity index (χ2n) is 7.17. The first-order valence-electron chi connectivity index (χ1n) is 9.02. The van der Waals surface area contributed by atoms with Crippen LogP contribution in [0.2, 0.25) is 0 Å². The van der Waals surface area contributed by atoms with Crippen molar-refractivity contribution in [2.24, 2.45) is 0 Å². The number of fused-ring (bicyclic) bond motifs is 2. The molecule has 3 aromatic rings. The Bertz CT molecular complexity index is 981. The summed E-state index contributed by atoms with van der Waals surface area (Å²) in [4.78, 5) is 18.7. The van der Waals surface area contributed by atoms with Crippen LogP contribution in [0.4, 0.5) is 14.5 Å². The molecule has 0 radical (unpaired) electrons. The van der Waals surface area contributed by atoms with E-state index in [2.05, 4.69) is 4.98 Å². The van der Waals surface area contributed by atoms with Crippen LogP contribution in [0, 0.1) is 0 Å². The molecule has 6 heteroatoms. The first kappa shape index (κ1) is 17.6. The number of para-hydroxylation sites is 3. The number of amides is 1. The van der Waals surface area contributed by atoms with Crippen LogP contribution in [-0.4, -0.2) is 17.4 Å². The number of benzene rings is 2. The Hall–Kier alpha value is -2.76. The van der Waals surface area contributed by atoms with Crippen molar-refractivity contribution in [1.29, 1.82) is 0 Å². The van der Waals surface area contributed by atoms with Crippen molar-refractivity contribution in [2.75, 3.05) is 11.4 Å². The molecule has 0 aliphatic carbocycles. The van der Waals surface area contributed by atoms with Gasteiger partial charge in [-0.2, -0.15) is 8.78 Å². The molecule has 140 valence electrons. The van der Waals surface area contributed by atoms with Gasteiger partial charge in [0.15, 0.2) is 5.58 Å². The van der Waals surface area contributed by atoms with Gasteiger partial charge < -0.3 is 9.32 Å². The molecule has 0 spiro atoms. The molecular weight excluding hydrogens is 350 g/mol. The molecule has 1 atom stereocenters. The smallest absolute Gasteiger partial charge is 0.323 e. The van der Waals surface area contributed by atoms with Crippen LogP contribution in [0.5, 0.6) is 0 Å². The fourth-order valence-electron chi connectivity index (χ4n) is 3.86. The number of aromatic nitrogens is 1. The third-order valence-electron chi connectivity index (χ3n) is 5.14. The Morgan fingerprint density at radius 1 is 1.15 bits per heavy atom. The molecule has 0 saturated heterocycles. The maximum Gasteiger partial charge on any atom is 0.323 e. The number of carbonyl (C=O) groups is 1. The molecule has 1 aliphatic heterocycles. The lowest BCUT2D eigenvalue weighted by molar-refractivity contribution is -0.128. The predicted molar refractivity (Wildman–Crippen MR) is 99.0 cm³/mol.